The quantitative estimate of drug-likeness (QED) is 0.197. The summed E-state index contributed by atoms with van der Waals surface area (Å²) in [6.45, 7) is 7.33. The third kappa shape index (κ3) is 4.28. The molecule has 0 saturated heterocycles. The molecule has 0 bridgehead atoms. The topological polar surface area (TPSA) is 86.1 Å². The molecule has 1 aromatic carbocycles. The molecule has 0 fully saturated rings. The molecule has 0 saturated carbocycles. The van der Waals surface area contributed by atoms with Crippen molar-refractivity contribution in [2.75, 3.05) is 13.2 Å². The summed E-state index contributed by atoms with van der Waals surface area (Å²) in [5.41, 5.74) is 8.87. The number of rotatable bonds is 5. The SMILES string of the molecule is [C-]#[N+]/C(C#N)=C\c1ccc(OCCN=[N+]=[N-])cc1. The predicted octanol–water partition coefficient (Wildman–Crippen LogP) is 3.16. The molecule has 18 heavy (non-hydrogen) atoms. The van der Waals surface area contributed by atoms with Gasteiger partial charge in [0.2, 0.25) is 0 Å². The Balaban J connectivity index is 2.64. The highest BCUT2D eigenvalue weighted by molar-refractivity contribution is 5.59. The number of hydrogen-bond acceptors (Lipinski definition) is 3. The van der Waals surface area contributed by atoms with E-state index in [9.17, 15) is 0 Å². The summed E-state index contributed by atoms with van der Waals surface area (Å²) in [6, 6.07) is 8.72. The Morgan fingerprint density at radius 3 is 2.78 bits per heavy atom. The molecule has 0 unspecified atom stereocenters. The highest BCUT2D eigenvalue weighted by Crippen LogP contribution is 2.14. The van der Waals surface area contributed by atoms with Gasteiger partial charge in [-0.2, -0.15) is 0 Å². The van der Waals surface area contributed by atoms with E-state index in [0.717, 1.165) is 5.56 Å². The number of benzene rings is 1. The fraction of sp³-hybridized carbons (Fsp3) is 0.167. The van der Waals surface area contributed by atoms with E-state index in [-0.39, 0.29) is 12.2 Å². The molecule has 0 N–H and O–H groups in total. The van der Waals surface area contributed by atoms with Gasteiger partial charge in [0.25, 0.3) is 5.70 Å². The Bertz CT molecular complexity index is 540. The first kappa shape index (κ1) is 13.1. The molecule has 1 rings (SSSR count). The van der Waals surface area contributed by atoms with Crippen LogP contribution in [0.4, 0.5) is 0 Å². The van der Waals surface area contributed by atoms with Crippen LogP contribution in [0, 0.1) is 17.9 Å². The predicted molar refractivity (Wildman–Crippen MR) is 66.1 cm³/mol. The van der Waals surface area contributed by atoms with E-state index < -0.39 is 0 Å². The van der Waals surface area contributed by atoms with Crippen molar-refractivity contribution in [3.63, 3.8) is 0 Å². The van der Waals surface area contributed by atoms with Crippen molar-refractivity contribution in [3.8, 4) is 11.8 Å². The van der Waals surface area contributed by atoms with Gasteiger partial charge in [0.1, 0.15) is 5.75 Å². The third-order valence-corrected chi connectivity index (χ3v) is 1.94. The summed E-state index contributed by atoms with van der Waals surface area (Å²) >= 11 is 0. The fourth-order valence-corrected chi connectivity index (χ4v) is 1.16. The highest BCUT2D eigenvalue weighted by atomic mass is 16.5. The van der Waals surface area contributed by atoms with Gasteiger partial charge < -0.3 is 4.74 Å². The zero-order valence-corrected chi connectivity index (χ0v) is 9.45. The molecule has 6 nitrogen and oxygen atoms in total. The summed E-state index contributed by atoms with van der Waals surface area (Å²) < 4.78 is 5.31. The molecule has 0 heterocycles. The Morgan fingerprint density at radius 1 is 1.50 bits per heavy atom. The van der Waals surface area contributed by atoms with Crippen LogP contribution in [-0.2, 0) is 0 Å². The van der Waals surface area contributed by atoms with Crippen LogP contribution in [0.1, 0.15) is 5.56 Å². The maximum Gasteiger partial charge on any atom is 0.262 e. The van der Waals surface area contributed by atoms with Gasteiger partial charge >= 0.3 is 0 Å². The average Bonchev–Trinajstić information content (AvgIpc) is 2.42. The summed E-state index contributed by atoms with van der Waals surface area (Å²) in [7, 11) is 0. The first-order chi connectivity index (χ1) is 8.80. The lowest BCUT2D eigenvalue weighted by Crippen LogP contribution is -1.99. The fourth-order valence-electron chi connectivity index (χ4n) is 1.16. The van der Waals surface area contributed by atoms with Crippen LogP contribution < -0.4 is 4.74 Å². The molecule has 0 aliphatic rings. The first-order valence-corrected chi connectivity index (χ1v) is 5.03. The third-order valence-electron chi connectivity index (χ3n) is 1.94. The Hall–Kier alpha value is -2.95. The lowest BCUT2D eigenvalue weighted by Gasteiger charge is -2.03. The average molecular weight is 239 g/mol. The molecule has 1 aromatic rings. The number of nitriles is 1. The first-order valence-electron chi connectivity index (χ1n) is 5.03. The van der Waals surface area contributed by atoms with Gasteiger partial charge in [-0.3, -0.25) is 0 Å². The lowest BCUT2D eigenvalue weighted by atomic mass is 10.2. The normalized spacial score (nSPS) is 9.78. The second kappa shape index (κ2) is 7.34. The lowest BCUT2D eigenvalue weighted by molar-refractivity contribution is 0.328. The zero-order chi connectivity index (χ0) is 13.2. The summed E-state index contributed by atoms with van der Waals surface area (Å²) in [5, 5.41) is 12.0. The van der Waals surface area contributed by atoms with E-state index in [1.807, 2.05) is 0 Å². The molecule has 0 aliphatic carbocycles. The van der Waals surface area contributed by atoms with E-state index in [4.69, 9.17) is 22.1 Å². The summed E-state index contributed by atoms with van der Waals surface area (Å²) in [6.07, 6.45) is 1.50. The summed E-state index contributed by atoms with van der Waals surface area (Å²) in [4.78, 5) is 5.68. The van der Waals surface area contributed by atoms with Crippen LogP contribution in [0.2, 0.25) is 0 Å². The maximum absolute atomic E-state index is 8.61. The minimum absolute atomic E-state index is 0.0343. The van der Waals surface area contributed by atoms with Crippen LogP contribution in [0.15, 0.2) is 35.1 Å². The van der Waals surface area contributed by atoms with Crippen molar-refractivity contribution in [1.82, 2.24) is 0 Å². The minimum Gasteiger partial charge on any atom is -0.493 e. The molecule has 88 valence electrons. The van der Waals surface area contributed by atoms with Gasteiger partial charge in [-0.25, -0.2) is 10.1 Å². The van der Waals surface area contributed by atoms with Gasteiger partial charge in [-0.05, 0) is 29.3 Å². The van der Waals surface area contributed by atoms with E-state index in [1.54, 1.807) is 30.3 Å². The largest absolute Gasteiger partial charge is 0.493 e. The van der Waals surface area contributed by atoms with Crippen molar-refractivity contribution >= 4 is 6.08 Å². The number of nitrogens with zero attached hydrogens (tertiary/aromatic N) is 5. The van der Waals surface area contributed by atoms with Crippen molar-refractivity contribution in [1.29, 1.82) is 5.26 Å². The molecular formula is C12H9N5O. The van der Waals surface area contributed by atoms with Gasteiger partial charge in [0, 0.05) is 4.91 Å². The number of azide groups is 1. The van der Waals surface area contributed by atoms with E-state index >= 15 is 0 Å². The second-order valence-electron chi connectivity index (χ2n) is 3.13. The van der Waals surface area contributed by atoms with Crippen molar-refractivity contribution in [2.24, 2.45) is 5.11 Å². The van der Waals surface area contributed by atoms with Crippen LogP contribution in [0.25, 0.3) is 21.4 Å². The van der Waals surface area contributed by atoms with E-state index in [1.165, 1.54) is 6.08 Å². The Kier molecular flexibility index (Phi) is 5.35. The van der Waals surface area contributed by atoms with Crippen LogP contribution >= 0.6 is 0 Å². The second-order valence-corrected chi connectivity index (χ2v) is 3.13. The number of allylic oxidation sites excluding steroid dienone is 1. The zero-order valence-electron chi connectivity index (χ0n) is 9.45. The van der Waals surface area contributed by atoms with Gasteiger partial charge in [0.15, 0.2) is 0 Å². The van der Waals surface area contributed by atoms with Gasteiger partial charge in [-0.15, -0.1) is 0 Å². The maximum atomic E-state index is 8.61. The number of ether oxygens (including phenoxy) is 1. The molecular weight excluding hydrogens is 230 g/mol. The molecule has 6 heteroatoms. The van der Waals surface area contributed by atoms with Crippen molar-refractivity contribution in [3.05, 3.63) is 57.4 Å². The monoisotopic (exact) mass is 239 g/mol. The number of hydrogen-bond donors (Lipinski definition) is 0. The van der Waals surface area contributed by atoms with Crippen LogP contribution in [-0.4, -0.2) is 13.2 Å². The van der Waals surface area contributed by atoms with Crippen molar-refractivity contribution in [2.45, 2.75) is 0 Å². The smallest absolute Gasteiger partial charge is 0.262 e. The van der Waals surface area contributed by atoms with Crippen LogP contribution in [0.3, 0.4) is 0 Å². The Labute approximate surface area is 104 Å². The van der Waals surface area contributed by atoms with Crippen LogP contribution in [0.5, 0.6) is 5.75 Å². The molecule has 0 spiro atoms. The van der Waals surface area contributed by atoms with Gasteiger partial charge in [0.05, 0.1) is 25.8 Å². The Morgan fingerprint density at radius 2 is 2.22 bits per heavy atom. The molecule has 0 aliphatic heterocycles. The molecule has 0 atom stereocenters. The van der Waals surface area contributed by atoms with Gasteiger partial charge in [-0.1, -0.05) is 17.2 Å². The summed E-state index contributed by atoms with van der Waals surface area (Å²) in [5.74, 6) is 0.640. The highest BCUT2D eigenvalue weighted by Gasteiger charge is 1.96. The van der Waals surface area contributed by atoms with Crippen molar-refractivity contribution < 1.29 is 4.74 Å². The minimum atomic E-state index is 0.0343. The van der Waals surface area contributed by atoms with E-state index in [2.05, 4.69) is 14.9 Å². The molecule has 0 amide bonds. The molecule has 0 aromatic heterocycles. The molecule has 0 radical (unpaired) electrons. The standard InChI is InChI=1S/C12H9N5O/c1-15-11(9-13)8-10-2-4-12(5-3-10)18-7-6-16-17-14/h2-5,8H,6-7H2/b11-8-. The van der Waals surface area contributed by atoms with E-state index in [0.29, 0.717) is 12.4 Å².